The standard InChI is InChI=1S/C21H33N5O3/c1-15(2)23-19(27)14-25-9-11-26(12-10-25)20(28)18-7-5-17(6-8-18)13-22-21(29)24-16(3)4/h5-8,15-16H,9-14H2,1-4H3,(H,23,27)(H2,22,24,29)/p+1. The molecule has 1 fully saturated rings. The zero-order chi connectivity index (χ0) is 21.4. The third-order valence-corrected chi connectivity index (χ3v) is 4.69. The Bertz CT molecular complexity index is 695. The molecule has 29 heavy (non-hydrogen) atoms. The van der Waals surface area contributed by atoms with Gasteiger partial charge in [-0.1, -0.05) is 12.1 Å². The van der Waals surface area contributed by atoms with Crippen molar-refractivity contribution >= 4 is 17.8 Å². The lowest BCUT2D eigenvalue weighted by molar-refractivity contribution is -0.896. The largest absolute Gasteiger partial charge is 0.349 e. The van der Waals surface area contributed by atoms with Crippen molar-refractivity contribution in [2.45, 2.75) is 46.3 Å². The quantitative estimate of drug-likeness (QED) is 0.505. The highest BCUT2D eigenvalue weighted by Crippen LogP contribution is 2.08. The van der Waals surface area contributed by atoms with Gasteiger partial charge in [0.05, 0.1) is 26.2 Å². The number of urea groups is 1. The fraction of sp³-hybridized carbons (Fsp3) is 0.571. The van der Waals surface area contributed by atoms with Crippen LogP contribution in [0.5, 0.6) is 0 Å². The topological polar surface area (TPSA) is 95.0 Å². The molecule has 2 rings (SSSR count). The molecular weight excluding hydrogens is 370 g/mol. The molecular formula is C21H34N5O3+. The second-order valence-electron chi connectivity index (χ2n) is 8.12. The zero-order valence-corrected chi connectivity index (χ0v) is 17.9. The Morgan fingerprint density at radius 2 is 1.55 bits per heavy atom. The molecule has 160 valence electrons. The molecule has 1 saturated heterocycles. The van der Waals surface area contributed by atoms with Gasteiger partial charge in [0.2, 0.25) is 0 Å². The van der Waals surface area contributed by atoms with E-state index >= 15 is 0 Å². The van der Waals surface area contributed by atoms with Crippen LogP contribution < -0.4 is 20.9 Å². The van der Waals surface area contributed by atoms with Crippen LogP contribution in [0.2, 0.25) is 0 Å². The van der Waals surface area contributed by atoms with Crippen LogP contribution in [-0.2, 0) is 11.3 Å². The molecule has 8 nitrogen and oxygen atoms in total. The summed E-state index contributed by atoms with van der Waals surface area (Å²) in [6, 6.07) is 7.35. The summed E-state index contributed by atoms with van der Waals surface area (Å²) >= 11 is 0. The van der Waals surface area contributed by atoms with Crippen molar-refractivity contribution in [2.75, 3.05) is 32.7 Å². The summed E-state index contributed by atoms with van der Waals surface area (Å²) in [6.45, 7) is 11.4. The van der Waals surface area contributed by atoms with Crippen molar-refractivity contribution in [2.24, 2.45) is 0 Å². The van der Waals surface area contributed by atoms with Crippen LogP contribution in [0.4, 0.5) is 4.79 Å². The highest BCUT2D eigenvalue weighted by molar-refractivity contribution is 5.94. The van der Waals surface area contributed by atoms with E-state index in [0.717, 1.165) is 18.7 Å². The number of amides is 4. The van der Waals surface area contributed by atoms with Gasteiger partial charge in [0, 0.05) is 24.2 Å². The lowest BCUT2D eigenvalue weighted by Crippen LogP contribution is -3.15. The van der Waals surface area contributed by atoms with Crippen molar-refractivity contribution in [3.63, 3.8) is 0 Å². The van der Waals surface area contributed by atoms with E-state index < -0.39 is 0 Å². The molecule has 0 spiro atoms. The molecule has 0 unspecified atom stereocenters. The van der Waals surface area contributed by atoms with Crippen molar-refractivity contribution in [3.8, 4) is 0 Å². The molecule has 8 heteroatoms. The predicted octanol–water partition coefficient (Wildman–Crippen LogP) is -0.240. The first kappa shape index (κ1) is 22.7. The van der Waals surface area contributed by atoms with Crippen LogP contribution in [-0.4, -0.2) is 67.6 Å². The van der Waals surface area contributed by atoms with Crippen molar-refractivity contribution < 1.29 is 19.3 Å². The Morgan fingerprint density at radius 1 is 0.966 bits per heavy atom. The van der Waals surface area contributed by atoms with E-state index in [2.05, 4.69) is 16.0 Å². The average Bonchev–Trinajstić information content (AvgIpc) is 2.65. The highest BCUT2D eigenvalue weighted by Gasteiger charge is 2.26. The molecule has 1 aromatic rings. The molecule has 0 saturated carbocycles. The van der Waals surface area contributed by atoms with Crippen LogP contribution in [0.25, 0.3) is 0 Å². The number of rotatable bonds is 7. The van der Waals surface area contributed by atoms with Crippen LogP contribution in [0.3, 0.4) is 0 Å². The van der Waals surface area contributed by atoms with Gasteiger partial charge in [-0.15, -0.1) is 0 Å². The molecule has 1 aliphatic rings. The normalized spacial score (nSPS) is 14.8. The van der Waals surface area contributed by atoms with E-state index in [1.807, 2.05) is 44.7 Å². The number of carbonyl (C=O) groups excluding carboxylic acids is 3. The molecule has 4 N–H and O–H groups in total. The molecule has 1 aliphatic heterocycles. The van der Waals surface area contributed by atoms with Crippen molar-refractivity contribution in [1.82, 2.24) is 20.9 Å². The van der Waals surface area contributed by atoms with Crippen LogP contribution in [0.1, 0.15) is 43.6 Å². The van der Waals surface area contributed by atoms with E-state index in [9.17, 15) is 14.4 Å². The van der Waals surface area contributed by atoms with Crippen LogP contribution in [0.15, 0.2) is 24.3 Å². The smallest absolute Gasteiger partial charge is 0.315 e. The number of nitrogens with zero attached hydrogens (tertiary/aromatic N) is 1. The molecule has 0 atom stereocenters. The molecule has 0 aliphatic carbocycles. The van der Waals surface area contributed by atoms with Gasteiger partial charge >= 0.3 is 6.03 Å². The highest BCUT2D eigenvalue weighted by atomic mass is 16.2. The summed E-state index contributed by atoms with van der Waals surface area (Å²) < 4.78 is 0. The van der Waals surface area contributed by atoms with Gasteiger partial charge in [-0.25, -0.2) is 4.79 Å². The molecule has 1 aromatic carbocycles. The van der Waals surface area contributed by atoms with E-state index in [1.54, 1.807) is 12.1 Å². The number of nitrogens with one attached hydrogen (secondary N) is 4. The Kier molecular flexibility index (Phi) is 8.45. The fourth-order valence-corrected chi connectivity index (χ4v) is 3.25. The molecule has 0 bridgehead atoms. The number of hydrogen-bond donors (Lipinski definition) is 4. The second-order valence-corrected chi connectivity index (χ2v) is 8.12. The van der Waals surface area contributed by atoms with Crippen LogP contribution >= 0.6 is 0 Å². The lowest BCUT2D eigenvalue weighted by atomic mass is 10.1. The maximum absolute atomic E-state index is 12.7. The summed E-state index contributed by atoms with van der Waals surface area (Å²) in [4.78, 5) is 39.3. The van der Waals surface area contributed by atoms with E-state index in [0.29, 0.717) is 31.7 Å². The first-order valence-electron chi connectivity index (χ1n) is 10.3. The number of carbonyl (C=O) groups is 3. The van der Waals surface area contributed by atoms with Crippen LogP contribution in [0, 0.1) is 0 Å². The number of benzene rings is 1. The summed E-state index contributed by atoms with van der Waals surface area (Å²) in [7, 11) is 0. The maximum Gasteiger partial charge on any atom is 0.315 e. The Hall–Kier alpha value is -2.61. The monoisotopic (exact) mass is 404 g/mol. The number of hydrogen-bond acceptors (Lipinski definition) is 3. The van der Waals surface area contributed by atoms with E-state index in [1.165, 1.54) is 4.90 Å². The Labute approximate surface area is 173 Å². The minimum absolute atomic E-state index is 0.00717. The van der Waals surface area contributed by atoms with E-state index in [-0.39, 0.29) is 29.9 Å². The van der Waals surface area contributed by atoms with Gasteiger partial charge in [-0.3, -0.25) is 9.59 Å². The summed E-state index contributed by atoms with van der Waals surface area (Å²) in [5.41, 5.74) is 1.58. The lowest BCUT2D eigenvalue weighted by Gasteiger charge is -2.32. The predicted molar refractivity (Wildman–Crippen MR) is 112 cm³/mol. The Morgan fingerprint density at radius 3 is 2.10 bits per heavy atom. The average molecular weight is 405 g/mol. The minimum Gasteiger partial charge on any atom is -0.349 e. The summed E-state index contributed by atoms with van der Waals surface area (Å²) in [5, 5.41) is 8.48. The van der Waals surface area contributed by atoms with Crippen molar-refractivity contribution in [3.05, 3.63) is 35.4 Å². The maximum atomic E-state index is 12.7. The SMILES string of the molecule is CC(C)NC(=O)C[NH+]1CCN(C(=O)c2ccc(CNC(=O)NC(C)C)cc2)CC1. The third kappa shape index (κ3) is 7.73. The van der Waals surface area contributed by atoms with Gasteiger partial charge < -0.3 is 25.8 Å². The van der Waals surface area contributed by atoms with Gasteiger partial charge in [-0.2, -0.15) is 0 Å². The van der Waals surface area contributed by atoms with Gasteiger partial charge in [0.15, 0.2) is 6.54 Å². The zero-order valence-electron chi connectivity index (χ0n) is 17.9. The fourth-order valence-electron chi connectivity index (χ4n) is 3.25. The molecule has 4 amide bonds. The summed E-state index contributed by atoms with van der Waals surface area (Å²) in [6.07, 6.45) is 0. The minimum atomic E-state index is -0.206. The molecule has 1 heterocycles. The summed E-state index contributed by atoms with van der Waals surface area (Å²) in [5.74, 6) is 0.0637. The number of piperazine rings is 1. The van der Waals surface area contributed by atoms with Crippen molar-refractivity contribution in [1.29, 1.82) is 0 Å². The molecule has 0 aromatic heterocycles. The number of quaternary nitrogens is 1. The van der Waals surface area contributed by atoms with Gasteiger partial charge in [-0.05, 0) is 45.4 Å². The third-order valence-electron chi connectivity index (χ3n) is 4.69. The van der Waals surface area contributed by atoms with Gasteiger partial charge in [0.25, 0.3) is 11.8 Å². The first-order valence-corrected chi connectivity index (χ1v) is 10.3. The molecule has 0 radical (unpaired) electrons. The first-order chi connectivity index (χ1) is 13.7. The van der Waals surface area contributed by atoms with Gasteiger partial charge in [0.1, 0.15) is 0 Å². The second kappa shape index (κ2) is 10.8. The Balaban J connectivity index is 1.79. The van der Waals surface area contributed by atoms with E-state index in [4.69, 9.17) is 0 Å².